The average Bonchev–Trinajstić information content (AvgIpc) is 3.04. The van der Waals surface area contributed by atoms with Crippen LogP contribution in [0.3, 0.4) is 0 Å². The maximum atomic E-state index is 5.36. The minimum absolute atomic E-state index is 0.617. The normalized spacial score (nSPS) is 16.4. The van der Waals surface area contributed by atoms with E-state index in [1.54, 1.807) is 0 Å². The Morgan fingerprint density at radius 3 is 1.70 bits per heavy atom. The number of aryl methyl sites for hydroxylation is 4. The fraction of sp³-hybridized carbons (Fsp3) is 0.667. The van der Waals surface area contributed by atoms with Crippen molar-refractivity contribution in [3.8, 4) is 0 Å². The van der Waals surface area contributed by atoms with Gasteiger partial charge in [-0.1, -0.05) is 29.6 Å². The van der Waals surface area contributed by atoms with Crippen LogP contribution in [-0.2, 0) is 13.1 Å². The van der Waals surface area contributed by atoms with Crippen LogP contribution in [0.2, 0.25) is 0 Å². The van der Waals surface area contributed by atoms with Crippen LogP contribution in [-0.4, -0.2) is 21.3 Å². The summed E-state index contributed by atoms with van der Waals surface area (Å²) in [4.78, 5) is 2.57. The van der Waals surface area contributed by atoms with Crippen molar-refractivity contribution in [2.24, 2.45) is 0 Å². The summed E-state index contributed by atoms with van der Waals surface area (Å²) in [5.74, 6) is 1.86. The molecule has 1 fully saturated rings. The average molecular weight is 317 g/mol. The Morgan fingerprint density at radius 1 is 0.826 bits per heavy atom. The summed E-state index contributed by atoms with van der Waals surface area (Å²) in [5.41, 5.74) is 4.45. The molecule has 2 aromatic rings. The minimum atomic E-state index is 0.617. The smallest absolute Gasteiger partial charge is 0.138 e. The van der Waals surface area contributed by atoms with E-state index in [1.165, 1.54) is 43.2 Å². The van der Waals surface area contributed by atoms with Gasteiger partial charge in [0.05, 0.1) is 11.4 Å². The van der Waals surface area contributed by atoms with Crippen molar-refractivity contribution in [2.45, 2.75) is 78.9 Å². The third-order valence-electron chi connectivity index (χ3n) is 5.18. The summed E-state index contributed by atoms with van der Waals surface area (Å²) in [6.45, 7) is 9.84. The molecule has 126 valence electrons. The van der Waals surface area contributed by atoms with Crippen LogP contribution in [0.1, 0.15) is 66.1 Å². The van der Waals surface area contributed by atoms with Crippen molar-refractivity contribution < 1.29 is 9.05 Å². The molecule has 3 rings (SSSR count). The summed E-state index contributed by atoms with van der Waals surface area (Å²) in [6.07, 6.45) is 6.55. The van der Waals surface area contributed by atoms with E-state index in [0.29, 0.717) is 6.04 Å². The number of rotatable bonds is 5. The highest BCUT2D eigenvalue weighted by molar-refractivity contribution is 5.23. The summed E-state index contributed by atoms with van der Waals surface area (Å²) in [6, 6.07) is 0.617. The SMILES string of the molecule is Cc1noc(C)c1CN(Cc1c(C)noc1C)C1CCCCC1. The summed E-state index contributed by atoms with van der Waals surface area (Å²) in [7, 11) is 0. The predicted molar refractivity (Wildman–Crippen MR) is 88.1 cm³/mol. The Bertz CT molecular complexity index is 566. The highest BCUT2D eigenvalue weighted by Crippen LogP contribution is 2.28. The van der Waals surface area contributed by atoms with Crippen LogP contribution >= 0.6 is 0 Å². The molecule has 0 unspecified atom stereocenters. The second-order valence-electron chi connectivity index (χ2n) is 6.80. The number of nitrogens with zero attached hydrogens (tertiary/aromatic N) is 3. The largest absolute Gasteiger partial charge is 0.361 e. The van der Waals surface area contributed by atoms with Crippen LogP contribution in [0.15, 0.2) is 9.05 Å². The number of hydrogen-bond donors (Lipinski definition) is 0. The van der Waals surface area contributed by atoms with Crippen molar-refractivity contribution >= 4 is 0 Å². The summed E-state index contributed by atoms with van der Waals surface area (Å²) < 4.78 is 10.7. The second kappa shape index (κ2) is 6.87. The third kappa shape index (κ3) is 3.50. The molecule has 5 nitrogen and oxygen atoms in total. The fourth-order valence-corrected chi connectivity index (χ4v) is 3.62. The first kappa shape index (κ1) is 16.2. The molecule has 0 N–H and O–H groups in total. The molecule has 1 saturated carbocycles. The molecule has 0 saturated heterocycles. The van der Waals surface area contributed by atoms with Gasteiger partial charge in [-0.05, 0) is 40.5 Å². The van der Waals surface area contributed by atoms with Crippen molar-refractivity contribution in [3.05, 3.63) is 34.0 Å². The van der Waals surface area contributed by atoms with Gasteiger partial charge in [0.25, 0.3) is 0 Å². The summed E-state index contributed by atoms with van der Waals surface area (Å²) >= 11 is 0. The van der Waals surface area contributed by atoms with Crippen molar-refractivity contribution in [1.82, 2.24) is 15.2 Å². The quantitative estimate of drug-likeness (QED) is 0.826. The molecule has 1 aliphatic carbocycles. The molecule has 0 radical (unpaired) electrons. The van der Waals surface area contributed by atoms with Crippen LogP contribution in [0, 0.1) is 27.7 Å². The molecular weight excluding hydrogens is 290 g/mol. The molecule has 23 heavy (non-hydrogen) atoms. The lowest BCUT2D eigenvalue weighted by molar-refractivity contribution is 0.138. The highest BCUT2D eigenvalue weighted by Gasteiger charge is 2.25. The van der Waals surface area contributed by atoms with Gasteiger partial charge in [-0.15, -0.1) is 0 Å². The topological polar surface area (TPSA) is 55.3 Å². The Kier molecular flexibility index (Phi) is 4.85. The molecule has 0 bridgehead atoms. The van der Waals surface area contributed by atoms with Gasteiger partial charge in [-0.25, -0.2) is 0 Å². The first-order valence-corrected chi connectivity index (χ1v) is 8.63. The Hall–Kier alpha value is -1.62. The van der Waals surface area contributed by atoms with Crippen molar-refractivity contribution in [1.29, 1.82) is 0 Å². The van der Waals surface area contributed by atoms with E-state index in [-0.39, 0.29) is 0 Å². The van der Waals surface area contributed by atoms with Gasteiger partial charge in [0.15, 0.2) is 0 Å². The van der Waals surface area contributed by atoms with Crippen LogP contribution in [0.5, 0.6) is 0 Å². The van der Waals surface area contributed by atoms with E-state index < -0.39 is 0 Å². The molecule has 5 heteroatoms. The number of aromatic nitrogens is 2. The Labute approximate surface area is 138 Å². The number of hydrogen-bond acceptors (Lipinski definition) is 5. The van der Waals surface area contributed by atoms with Gasteiger partial charge in [-0.3, -0.25) is 4.90 Å². The lowest BCUT2D eigenvalue weighted by atomic mass is 9.93. The van der Waals surface area contributed by atoms with Gasteiger partial charge in [0.2, 0.25) is 0 Å². The van der Waals surface area contributed by atoms with Crippen LogP contribution < -0.4 is 0 Å². The molecule has 0 atom stereocenters. The van der Waals surface area contributed by atoms with Gasteiger partial charge in [-0.2, -0.15) is 0 Å². The molecule has 0 spiro atoms. The van der Waals surface area contributed by atoms with E-state index in [0.717, 1.165) is 36.0 Å². The standard InChI is InChI=1S/C18H27N3O2/c1-12-17(14(3)22-19-12)10-21(16-8-6-5-7-9-16)11-18-13(2)20-23-15(18)4/h16H,5-11H2,1-4H3. The van der Waals surface area contributed by atoms with E-state index >= 15 is 0 Å². The zero-order chi connectivity index (χ0) is 16.4. The van der Waals surface area contributed by atoms with E-state index in [4.69, 9.17) is 9.05 Å². The molecule has 0 amide bonds. The van der Waals surface area contributed by atoms with Crippen molar-refractivity contribution in [3.63, 3.8) is 0 Å². The van der Waals surface area contributed by atoms with E-state index in [1.807, 2.05) is 27.7 Å². The lowest BCUT2D eigenvalue weighted by Gasteiger charge is -2.34. The van der Waals surface area contributed by atoms with Crippen LogP contribution in [0.25, 0.3) is 0 Å². The van der Waals surface area contributed by atoms with Gasteiger partial charge in [0, 0.05) is 30.3 Å². The predicted octanol–water partition coefficient (Wildman–Crippen LogP) is 4.23. The Balaban J connectivity index is 1.84. The molecule has 1 aliphatic rings. The van der Waals surface area contributed by atoms with E-state index in [9.17, 15) is 0 Å². The highest BCUT2D eigenvalue weighted by atomic mass is 16.5. The molecule has 2 heterocycles. The van der Waals surface area contributed by atoms with Gasteiger partial charge < -0.3 is 9.05 Å². The maximum absolute atomic E-state index is 5.36. The second-order valence-corrected chi connectivity index (χ2v) is 6.80. The Morgan fingerprint density at radius 2 is 1.30 bits per heavy atom. The zero-order valence-electron chi connectivity index (χ0n) is 14.7. The fourth-order valence-electron chi connectivity index (χ4n) is 3.62. The van der Waals surface area contributed by atoms with E-state index in [2.05, 4.69) is 15.2 Å². The molecular formula is C18H27N3O2. The monoisotopic (exact) mass is 317 g/mol. The minimum Gasteiger partial charge on any atom is -0.361 e. The van der Waals surface area contributed by atoms with Crippen LogP contribution in [0.4, 0.5) is 0 Å². The first-order chi connectivity index (χ1) is 11.1. The van der Waals surface area contributed by atoms with Gasteiger partial charge >= 0.3 is 0 Å². The van der Waals surface area contributed by atoms with Gasteiger partial charge in [0.1, 0.15) is 11.5 Å². The summed E-state index contributed by atoms with van der Waals surface area (Å²) in [5, 5.41) is 8.23. The molecule has 0 aromatic carbocycles. The first-order valence-electron chi connectivity index (χ1n) is 8.63. The molecule has 2 aromatic heterocycles. The third-order valence-corrected chi connectivity index (χ3v) is 5.18. The molecule has 0 aliphatic heterocycles. The lowest BCUT2D eigenvalue weighted by Crippen LogP contribution is -2.36. The maximum Gasteiger partial charge on any atom is 0.138 e. The zero-order valence-corrected chi connectivity index (χ0v) is 14.7. The van der Waals surface area contributed by atoms with Crippen molar-refractivity contribution in [2.75, 3.05) is 0 Å².